The summed E-state index contributed by atoms with van der Waals surface area (Å²) in [6, 6.07) is 5.23. The molecule has 0 radical (unpaired) electrons. The fourth-order valence-electron chi connectivity index (χ4n) is 2.00. The van der Waals surface area contributed by atoms with Gasteiger partial charge < -0.3 is 5.11 Å². The predicted octanol–water partition coefficient (Wildman–Crippen LogP) is 2.34. The molecule has 2 aromatic heterocycles. The molecule has 0 fully saturated rings. The second kappa shape index (κ2) is 5.10. The van der Waals surface area contributed by atoms with Crippen LogP contribution in [0.2, 0.25) is 0 Å². The Morgan fingerprint density at radius 2 is 2.19 bits per heavy atom. The van der Waals surface area contributed by atoms with E-state index in [2.05, 4.69) is 4.98 Å². The number of aromatic carboxylic acids is 1. The summed E-state index contributed by atoms with van der Waals surface area (Å²) in [7, 11) is 0. The summed E-state index contributed by atoms with van der Waals surface area (Å²) in [4.78, 5) is 27.3. The number of hydrogen-bond donors (Lipinski definition) is 1. The Labute approximate surface area is 121 Å². The summed E-state index contributed by atoms with van der Waals surface area (Å²) >= 11 is 1.27. The molecule has 7 heteroatoms. The summed E-state index contributed by atoms with van der Waals surface area (Å²) in [6.45, 7) is -0.0629. The molecule has 0 aliphatic carbocycles. The Morgan fingerprint density at radius 3 is 2.95 bits per heavy atom. The van der Waals surface area contributed by atoms with Crippen LogP contribution in [-0.4, -0.2) is 20.6 Å². The van der Waals surface area contributed by atoms with Gasteiger partial charge in [0.2, 0.25) is 0 Å². The van der Waals surface area contributed by atoms with Crippen molar-refractivity contribution >= 4 is 27.5 Å². The summed E-state index contributed by atoms with van der Waals surface area (Å²) in [5.74, 6) is -1.70. The van der Waals surface area contributed by atoms with E-state index in [1.165, 1.54) is 34.4 Å². The monoisotopic (exact) mass is 304 g/mol. The molecule has 0 spiro atoms. The van der Waals surface area contributed by atoms with Crippen LogP contribution in [0.25, 0.3) is 10.2 Å². The first kappa shape index (κ1) is 13.4. The van der Waals surface area contributed by atoms with Gasteiger partial charge in [-0.3, -0.25) is 9.36 Å². The van der Waals surface area contributed by atoms with Gasteiger partial charge in [-0.2, -0.15) is 0 Å². The Bertz CT molecular complexity index is 901. The van der Waals surface area contributed by atoms with E-state index in [0.29, 0.717) is 10.2 Å². The Balaban J connectivity index is 2.06. The van der Waals surface area contributed by atoms with Gasteiger partial charge in [0.15, 0.2) is 0 Å². The molecule has 5 nitrogen and oxygen atoms in total. The van der Waals surface area contributed by atoms with Crippen molar-refractivity contribution in [1.29, 1.82) is 0 Å². The van der Waals surface area contributed by atoms with Gasteiger partial charge in [0.1, 0.15) is 10.5 Å². The number of benzene rings is 1. The first-order valence-electron chi connectivity index (χ1n) is 6.00. The third kappa shape index (κ3) is 2.43. The second-order valence-electron chi connectivity index (χ2n) is 4.42. The third-order valence-electron chi connectivity index (χ3n) is 3.07. The largest absolute Gasteiger partial charge is 0.478 e. The number of hydrogen-bond acceptors (Lipinski definition) is 4. The second-order valence-corrected chi connectivity index (χ2v) is 5.34. The molecular formula is C14H9FN2O3S. The van der Waals surface area contributed by atoms with Gasteiger partial charge in [-0.05, 0) is 29.6 Å². The lowest BCUT2D eigenvalue weighted by atomic mass is 10.1. The number of rotatable bonds is 3. The van der Waals surface area contributed by atoms with Gasteiger partial charge in [-0.25, -0.2) is 14.2 Å². The van der Waals surface area contributed by atoms with E-state index < -0.39 is 11.8 Å². The van der Waals surface area contributed by atoms with Crippen LogP contribution in [0.3, 0.4) is 0 Å². The number of aromatic nitrogens is 2. The topological polar surface area (TPSA) is 72.2 Å². The molecule has 106 valence electrons. The first-order valence-corrected chi connectivity index (χ1v) is 6.88. The van der Waals surface area contributed by atoms with E-state index in [0.717, 1.165) is 6.07 Å². The number of halogens is 1. The zero-order valence-corrected chi connectivity index (χ0v) is 11.4. The van der Waals surface area contributed by atoms with E-state index >= 15 is 0 Å². The minimum absolute atomic E-state index is 0.0235. The minimum atomic E-state index is -1.14. The highest BCUT2D eigenvalue weighted by molar-refractivity contribution is 7.17. The molecule has 0 atom stereocenters. The van der Waals surface area contributed by atoms with Crippen molar-refractivity contribution in [1.82, 2.24) is 9.55 Å². The number of carboxylic acid groups (broad SMARTS) is 1. The maximum atomic E-state index is 13.8. The van der Waals surface area contributed by atoms with Gasteiger partial charge in [0.25, 0.3) is 5.56 Å². The SMILES string of the molecule is O=C(O)c1ccc(F)c(Cn2cnc3ccsc3c2=O)c1. The van der Waals surface area contributed by atoms with Crippen LogP contribution >= 0.6 is 11.3 Å². The zero-order chi connectivity index (χ0) is 15.0. The van der Waals surface area contributed by atoms with Crippen LogP contribution in [0.4, 0.5) is 4.39 Å². The summed E-state index contributed by atoms with van der Waals surface area (Å²) in [6.07, 6.45) is 1.34. The molecule has 1 N–H and O–H groups in total. The maximum Gasteiger partial charge on any atom is 0.335 e. The molecule has 2 heterocycles. The third-order valence-corrected chi connectivity index (χ3v) is 3.96. The number of carboxylic acids is 1. The van der Waals surface area contributed by atoms with Gasteiger partial charge in [-0.15, -0.1) is 11.3 Å². The summed E-state index contributed by atoms with van der Waals surface area (Å²) in [5, 5.41) is 10.7. The summed E-state index contributed by atoms with van der Waals surface area (Å²) in [5.41, 5.74) is 0.440. The van der Waals surface area contributed by atoms with E-state index in [1.807, 2.05) is 0 Å². The molecule has 3 rings (SSSR count). The maximum absolute atomic E-state index is 13.8. The van der Waals surface area contributed by atoms with Crippen molar-refractivity contribution < 1.29 is 14.3 Å². The Hall–Kier alpha value is -2.54. The Morgan fingerprint density at radius 1 is 1.38 bits per heavy atom. The van der Waals surface area contributed by atoms with Crippen molar-refractivity contribution in [3.63, 3.8) is 0 Å². The quantitative estimate of drug-likeness (QED) is 0.806. The smallest absolute Gasteiger partial charge is 0.335 e. The van der Waals surface area contributed by atoms with Gasteiger partial charge in [0.05, 0.1) is 24.0 Å². The number of carbonyl (C=O) groups is 1. The molecule has 0 aliphatic heterocycles. The van der Waals surface area contributed by atoms with Crippen LogP contribution in [0.15, 0.2) is 40.8 Å². The number of thiophene rings is 1. The molecule has 21 heavy (non-hydrogen) atoms. The van der Waals surface area contributed by atoms with Crippen molar-refractivity contribution in [2.45, 2.75) is 6.54 Å². The minimum Gasteiger partial charge on any atom is -0.478 e. The lowest BCUT2D eigenvalue weighted by Gasteiger charge is -2.07. The molecule has 0 bridgehead atoms. The van der Waals surface area contributed by atoms with Crippen LogP contribution in [0.5, 0.6) is 0 Å². The van der Waals surface area contributed by atoms with Gasteiger partial charge in [0, 0.05) is 5.56 Å². The molecule has 0 saturated heterocycles. The number of fused-ring (bicyclic) bond motifs is 1. The normalized spacial score (nSPS) is 10.9. The number of nitrogens with zero attached hydrogens (tertiary/aromatic N) is 2. The van der Waals surface area contributed by atoms with Crippen LogP contribution in [-0.2, 0) is 6.54 Å². The molecular weight excluding hydrogens is 295 g/mol. The first-order chi connectivity index (χ1) is 10.1. The van der Waals surface area contributed by atoms with Crippen LogP contribution in [0, 0.1) is 5.82 Å². The lowest BCUT2D eigenvalue weighted by molar-refractivity contribution is 0.0696. The highest BCUT2D eigenvalue weighted by atomic mass is 32.1. The lowest BCUT2D eigenvalue weighted by Crippen LogP contribution is -2.21. The average molecular weight is 304 g/mol. The fourth-order valence-corrected chi connectivity index (χ4v) is 2.80. The summed E-state index contributed by atoms with van der Waals surface area (Å²) < 4.78 is 15.5. The van der Waals surface area contributed by atoms with Crippen LogP contribution in [0.1, 0.15) is 15.9 Å². The van der Waals surface area contributed by atoms with E-state index in [9.17, 15) is 14.0 Å². The standard InChI is InChI=1S/C14H9FN2O3S/c15-10-2-1-8(14(19)20)5-9(10)6-17-7-16-11-3-4-21-12(11)13(17)18/h1-5,7H,6H2,(H,19,20). The molecule has 1 aromatic carbocycles. The van der Waals surface area contributed by atoms with Crippen LogP contribution < -0.4 is 5.56 Å². The molecule has 3 aromatic rings. The van der Waals surface area contributed by atoms with E-state index in [1.54, 1.807) is 11.4 Å². The van der Waals surface area contributed by atoms with Gasteiger partial charge in [-0.1, -0.05) is 0 Å². The Kier molecular flexibility index (Phi) is 3.26. The highest BCUT2D eigenvalue weighted by Crippen LogP contribution is 2.15. The molecule has 0 unspecified atom stereocenters. The zero-order valence-electron chi connectivity index (χ0n) is 10.6. The van der Waals surface area contributed by atoms with Crippen molar-refractivity contribution in [2.75, 3.05) is 0 Å². The van der Waals surface area contributed by atoms with Crippen molar-refractivity contribution in [3.05, 3.63) is 63.3 Å². The molecule has 0 aliphatic rings. The van der Waals surface area contributed by atoms with Crippen molar-refractivity contribution in [2.24, 2.45) is 0 Å². The van der Waals surface area contributed by atoms with E-state index in [4.69, 9.17) is 5.11 Å². The fraction of sp³-hybridized carbons (Fsp3) is 0.0714. The van der Waals surface area contributed by atoms with E-state index in [-0.39, 0.29) is 23.2 Å². The van der Waals surface area contributed by atoms with Gasteiger partial charge >= 0.3 is 5.97 Å². The predicted molar refractivity (Wildman–Crippen MR) is 76.3 cm³/mol. The van der Waals surface area contributed by atoms with Crippen molar-refractivity contribution in [3.8, 4) is 0 Å². The average Bonchev–Trinajstić information content (AvgIpc) is 2.93. The highest BCUT2D eigenvalue weighted by Gasteiger charge is 2.11. The molecule has 0 amide bonds. The molecule has 0 saturated carbocycles.